The van der Waals surface area contributed by atoms with Crippen LogP contribution < -0.4 is 11.1 Å². The first-order chi connectivity index (χ1) is 7.04. The minimum atomic E-state index is -0.110. The second-order valence-electron chi connectivity index (χ2n) is 3.68. The van der Waals surface area contributed by atoms with Crippen LogP contribution in [0.25, 0.3) is 0 Å². The third-order valence-corrected chi connectivity index (χ3v) is 2.34. The lowest BCUT2D eigenvalue weighted by Gasteiger charge is -2.12. The summed E-state index contributed by atoms with van der Waals surface area (Å²) in [5.74, 6) is -0.110. The van der Waals surface area contributed by atoms with Crippen LogP contribution in [0.1, 0.15) is 36.3 Å². The van der Waals surface area contributed by atoms with Gasteiger partial charge < -0.3 is 11.1 Å². The topological polar surface area (TPSA) is 68.0 Å². The number of nitrogens with two attached hydrogens (primary N) is 1. The Bertz CT molecular complexity index is 363. The summed E-state index contributed by atoms with van der Waals surface area (Å²) in [5.41, 5.74) is 7.35. The number of carbonyl (C=O) groups excluding carboxylic acids is 1. The molecule has 0 radical (unpaired) electrons. The highest BCUT2D eigenvalue weighted by Gasteiger charge is 2.11. The van der Waals surface area contributed by atoms with Crippen molar-refractivity contribution in [1.82, 2.24) is 10.3 Å². The lowest BCUT2D eigenvalue weighted by Crippen LogP contribution is -2.32. The molecule has 0 aromatic carbocycles. The lowest BCUT2D eigenvalue weighted by molar-refractivity contribution is 0.0938. The first kappa shape index (κ1) is 11.5. The van der Waals surface area contributed by atoms with E-state index >= 15 is 0 Å². The van der Waals surface area contributed by atoms with Gasteiger partial charge in [0.1, 0.15) is 0 Å². The van der Waals surface area contributed by atoms with Crippen LogP contribution in [0.15, 0.2) is 12.3 Å². The maximum absolute atomic E-state index is 11.8. The minimum Gasteiger partial charge on any atom is -0.397 e. The Kier molecular flexibility index (Phi) is 3.66. The molecular formula is C11H17N3O. The van der Waals surface area contributed by atoms with Crippen molar-refractivity contribution in [3.63, 3.8) is 0 Å². The summed E-state index contributed by atoms with van der Waals surface area (Å²) in [7, 11) is 0. The van der Waals surface area contributed by atoms with Crippen LogP contribution in [0.2, 0.25) is 0 Å². The van der Waals surface area contributed by atoms with Crippen molar-refractivity contribution < 1.29 is 4.79 Å². The predicted molar refractivity (Wildman–Crippen MR) is 60.6 cm³/mol. The molecule has 0 aliphatic heterocycles. The number of hydrogen-bond acceptors (Lipinski definition) is 3. The molecule has 0 aliphatic carbocycles. The smallest absolute Gasteiger partial charge is 0.253 e. The van der Waals surface area contributed by atoms with E-state index in [0.29, 0.717) is 16.9 Å². The molecule has 4 nitrogen and oxygen atoms in total. The summed E-state index contributed by atoms with van der Waals surface area (Å²) >= 11 is 0. The third kappa shape index (κ3) is 2.94. The first-order valence-electron chi connectivity index (χ1n) is 5.07. The van der Waals surface area contributed by atoms with E-state index in [1.807, 2.05) is 13.8 Å². The second-order valence-corrected chi connectivity index (χ2v) is 3.68. The predicted octanol–water partition coefficient (Wildman–Crippen LogP) is 1.50. The van der Waals surface area contributed by atoms with E-state index in [4.69, 9.17) is 5.73 Å². The first-order valence-corrected chi connectivity index (χ1v) is 5.07. The molecule has 1 unspecified atom stereocenters. The fourth-order valence-electron chi connectivity index (χ4n) is 1.18. The average Bonchev–Trinajstić information content (AvgIpc) is 2.21. The van der Waals surface area contributed by atoms with Crippen molar-refractivity contribution in [1.29, 1.82) is 0 Å². The molecule has 15 heavy (non-hydrogen) atoms. The summed E-state index contributed by atoms with van der Waals surface area (Å²) in [5, 5.41) is 2.88. The van der Waals surface area contributed by atoms with E-state index in [1.54, 1.807) is 19.2 Å². The molecular weight excluding hydrogens is 190 g/mol. The van der Waals surface area contributed by atoms with E-state index in [9.17, 15) is 4.79 Å². The molecule has 0 aliphatic rings. The van der Waals surface area contributed by atoms with Crippen molar-refractivity contribution in [2.24, 2.45) is 0 Å². The molecule has 1 amide bonds. The lowest BCUT2D eigenvalue weighted by atomic mass is 10.1. The van der Waals surface area contributed by atoms with Gasteiger partial charge >= 0.3 is 0 Å². The number of nitrogen functional groups attached to an aromatic ring is 1. The van der Waals surface area contributed by atoms with Crippen molar-refractivity contribution in [3.05, 3.63) is 23.5 Å². The van der Waals surface area contributed by atoms with Crippen molar-refractivity contribution in [2.45, 2.75) is 33.2 Å². The highest BCUT2D eigenvalue weighted by atomic mass is 16.1. The van der Waals surface area contributed by atoms with Crippen LogP contribution in [-0.4, -0.2) is 16.9 Å². The third-order valence-electron chi connectivity index (χ3n) is 2.34. The van der Waals surface area contributed by atoms with Gasteiger partial charge in [-0.25, -0.2) is 0 Å². The van der Waals surface area contributed by atoms with Gasteiger partial charge in [-0.15, -0.1) is 0 Å². The zero-order chi connectivity index (χ0) is 11.4. The number of rotatable bonds is 3. The van der Waals surface area contributed by atoms with E-state index < -0.39 is 0 Å². The minimum absolute atomic E-state index is 0.110. The largest absolute Gasteiger partial charge is 0.397 e. The SMILES string of the molecule is CCC(C)NC(=O)c1cc(N)cnc1C. The molecule has 1 heterocycles. The molecule has 1 rings (SSSR count). The summed E-state index contributed by atoms with van der Waals surface area (Å²) in [4.78, 5) is 15.8. The molecule has 3 N–H and O–H groups in total. The summed E-state index contributed by atoms with van der Waals surface area (Å²) in [6, 6.07) is 1.82. The van der Waals surface area contributed by atoms with Gasteiger partial charge in [-0.05, 0) is 26.3 Å². The number of amides is 1. The second kappa shape index (κ2) is 4.77. The number of anilines is 1. The number of nitrogens with zero attached hydrogens (tertiary/aromatic N) is 1. The molecule has 4 heteroatoms. The number of aromatic nitrogens is 1. The zero-order valence-corrected chi connectivity index (χ0v) is 9.37. The molecule has 0 spiro atoms. The molecule has 1 aromatic rings. The monoisotopic (exact) mass is 207 g/mol. The van der Waals surface area contributed by atoms with Gasteiger partial charge in [0.2, 0.25) is 0 Å². The molecule has 82 valence electrons. The van der Waals surface area contributed by atoms with Crippen LogP contribution in [-0.2, 0) is 0 Å². The van der Waals surface area contributed by atoms with Crippen LogP contribution in [0.5, 0.6) is 0 Å². The normalized spacial score (nSPS) is 12.2. The number of hydrogen-bond donors (Lipinski definition) is 2. The van der Waals surface area contributed by atoms with Crippen molar-refractivity contribution in [2.75, 3.05) is 5.73 Å². The summed E-state index contributed by atoms with van der Waals surface area (Å²) < 4.78 is 0. The Morgan fingerprint density at radius 1 is 1.67 bits per heavy atom. The van der Waals surface area contributed by atoms with E-state index in [1.165, 1.54) is 0 Å². The van der Waals surface area contributed by atoms with E-state index in [0.717, 1.165) is 6.42 Å². The molecule has 1 atom stereocenters. The van der Waals surface area contributed by atoms with Gasteiger partial charge in [0.25, 0.3) is 5.91 Å². The number of carbonyl (C=O) groups is 1. The Morgan fingerprint density at radius 2 is 2.33 bits per heavy atom. The number of aryl methyl sites for hydroxylation is 1. The number of nitrogens with one attached hydrogen (secondary N) is 1. The Labute approximate surface area is 89.9 Å². The molecule has 0 bridgehead atoms. The van der Waals surface area contributed by atoms with Crippen LogP contribution >= 0.6 is 0 Å². The van der Waals surface area contributed by atoms with Gasteiger partial charge in [0.05, 0.1) is 23.1 Å². The van der Waals surface area contributed by atoms with Crippen molar-refractivity contribution in [3.8, 4) is 0 Å². The highest BCUT2D eigenvalue weighted by Crippen LogP contribution is 2.09. The fourth-order valence-corrected chi connectivity index (χ4v) is 1.18. The fraction of sp³-hybridized carbons (Fsp3) is 0.455. The van der Waals surface area contributed by atoms with E-state index in [-0.39, 0.29) is 11.9 Å². The van der Waals surface area contributed by atoms with Gasteiger partial charge in [0.15, 0.2) is 0 Å². The van der Waals surface area contributed by atoms with Crippen molar-refractivity contribution >= 4 is 11.6 Å². The quantitative estimate of drug-likeness (QED) is 0.789. The van der Waals surface area contributed by atoms with Gasteiger partial charge in [-0.2, -0.15) is 0 Å². The maximum atomic E-state index is 11.8. The molecule has 0 fully saturated rings. The van der Waals surface area contributed by atoms with Crippen LogP contribution in [0.4, 0.5) is 5.69 Å². The van der Waals surface area contributed by atoms with Gasteiger partial charge in [0, 0.05) is 6.04 Å². The maximum Gasteiger partial charge on any atom is 0.253 e. The number of pyridine rings is 1. The molecule has 1 aromatic heterocycles. The highest BCUT2D eigenvalue weighted by molar-refractivity contribution is 5.96. The summed E-state index contributed by atoms with van der Waals surface area (Å²) in [6.45, 7) is 5.79. The summed E-state index contributed by atoms with van der Waals surface area (Å²) in [6.07, 6.45) is 2.45. The van der Waals surface area contributed by atoms with Gasteiger partial charge in [-0.3, -0.25) is 9.78 Å². The van der Waals surface area contributed by atoms with Gasteiger partial charge in [-0.1, -0.05) is 6.92 Å². The van der Waals surface area contributed by atoms with Crippen LogP contribution in [0, 0.1) is 6.92 Å². The standard InChI is InChI=1S/C11H17N3O/c1-4-7(2)14-11(15)10-5-9(12)6-13-8(10)3/h5-7H,4,12H2,1-3H3,(H,14,15). The Hall–Kier alpha value is -1.58. The average molecular weight is 207 g/mol. The van der Waals surface area contributed by atoms with Crippen LogP contribution in [0.3, 0.4) is 0 Å². The molecule has 0 saturated carbocycles. The zero-order valence-electron chi connectivity index (χ0n) is 9.37. The molecule has 0 saturated heterocycles. The Balaban J connectivity index is 2.86. The Morgan fingerprint density at radius 3 is 2.93 bits per heavy atom. The van der Waals surface area contributed by atoms with E-state index in [2.05, 4.69) is 10.3 Å².